The third-order valence-corrected chi connectivity index (χ3v) is 6.56. The molecule has 0 spiro atoms. The summed E-state index contributed by atoms with van der Waals surface area (Å²) in [6.07, 6.45) is 7.39. The lowest BCUT2D eigenvalue weighted by atomic mass is 9.96. The van der Waals surface area contributed by atoms with Gasteiger partial charge in [-0.1, -0.05) is 11.6 Å². The van der Waals surface area contributed by atoms with Gasteiger partial charge in [-0.15, -0.1) is 0 Å². The smallest absolute Gasteiger partial charge is 0.192 e. The Morgan fingerprint density at radius 1 is 1.42 bits per heavy atom. The van der Waals surface area contributed by atoms with Gasteiger partial charge in [0.1, 0.15) is 17.1 Å². The highest BCUT2D eigenvalue weighted by Crippen LogP contribution is 2.36. The summed E-state index contributed by atoms with van der Waals surface area (Å²) in [5.74, 6) is 0.696. The summed E-state index contributed by atoms with van der Waals surface area (Å²) < 4.78 is 22.8. The average molecular weight is 578 g/mol. The van der Waals surface area contributed by atoms with Crippen molar-refractivity contribution in [1.82, 2.24) is 20.1 Å². The lowest BCUT2D eigenvalue weighted by molar-refractivity contribution is 0.225. The Bertz CT molecular complexity index is 1290. The van der Waals surface area contributed by atoms with Crippen molar-refractivity contribution >= 4 is 38.5 Å². The first kappa shape index (κ1) is 26.1. The van der Waals surface area contributed by atoms with Crippen LogP contribution < -0.4 is 15.5 Å². The maximum Gasteiger partial charge on any atom is 0.192 e. The quantitative estimate of drug-likeness (QED) is 0.165. The van der Waals surface area contributed by atoms with Crippen molar-refractivity contribution in [3.8, 4) is 17.0 Å². The van der Waals surface area contributed by atoms with Gasteiger partial charge >= 0.3 is 0 Å². The van der Waals surface area contributed by atoms with E-state index in [4.69, 9.17) is 21.7 Å². The van der Waals surface area contributed by atoms with E-state index in [0.717, 1.165) is 12.1 Å². The highest BCUT2D eigenvalue weighted by molar-refractivity contribution is 9.10. The molecule has 1 aliphatic carbocycles. The number of nitrogens with zero attached hydrogens (tertiary/aromatic N) is 3. The molecule has 1 aromatic carbocycles. The number of aromatic nitrogens is 3. The first-order chi connectivity index (χ1) is 17.2. The van der Waals surface area contributed by atoms with E-state index in [9.17, 15) is 9.60 Å². The van der Waals surface area contributed by atoms with E-state index in [2.05, 4.69) is 31.3 Å². The number of allylic oxidation sites excluding steroid dienone is 1. The van der Waals surface area contributed by atoms with Crippen molar-refractivity contribution in [2.24, 2.45) is 13.0 Å². The van der Waals surface area contributed by atoms with E-state index in [1.54, 1.807) is 29.9 Å². The monoisotopic (exact) mass is 576 g/mol. The number of anilines is 1. The Hall–Kier alpha value is -2.95. The van der Waals surface area contributed by atoms with Crippen molar-refractivity contribution in [1.29, 1.82) is 5.41 Å². The van der Waals surface area contributed by atoms with Gasteiger partial charge in [0, 0.05) is 65.3 Å². The normalized spacial score (nSPS) is 14.4. The third-order valence-electron chi connectivity index (χ3n) is 5.88. The fraction of sp³-hybridized carbons (Fsp3) is 0.320. The molecule has 2 heterocycles. The van der Waals surface area contributed by atoms with Crippen LogP contribution >= 0.6 is 27.5 Å². The molecule has 0 aliphatic heterocycles. The summed E-state index contributed by atoms with van der Waals surface area (Å²) in [7, 11) is 1.81. The van der Waals surface area contributed by atoms with Crippen molar-refractivity contribution in [3.05, 3.63) is 69.8 Å². The fourth-order valence-corrected chi connectivity index (χ4v) is 4.33. The number of aryl methyl sites for hydroxylation is 1. The van der Waals surface area contributed by atoms with Crippen LogP contribution in [0.2, 0.25) is 0 Å². The van der Waals surface area contributed by atoms with Gasteiger partial charge in [0.2, 0.25) is 0 Å². The molecule has 4 rings (SSSR count). The van der Waals surface area contributed by atoms with Crippen molar-refractivity contribution in [2.75, 3.05) is 12.0 Å². The molecule has 8 nitrogen and oxygen atoms in total. The van der Waals surface area contributed by atoms with Gasteiger partial charge in [0.15, 0.2) is 11.6 Å². The molecule has 11 heteroatoms. The molecule has 1 saturated carbocycles. The topological polar surface area (TPSA) is 108 Å². The van der Waals surface area contributed by atoms with E-state index in [-0.39, 0.29) is 11.0 Å². The molecule has 1 fully saturated rings. The summed E-state index contributed by atoms with van der Waals surface area (Å²) in [5, 5.41) is 25.3. The van der Waals surface area contributed by atoms with Crippen LogP contribution in [0.25, 0.3) is 11.3 Å². The van der Waals surface area contributed by atoms with E-state index < -0.39 is 11.9 Å². The molecule has 1 atom stereocenters. The first-order valence-corrected chi connectivity index (χ1v) is 12.6. The predicted molar refractivity (Wildman–Crippen MR) is 141 cm³/mol. The number of halogens is 3. The van der Waals surface area contributed by atoms with Crippen molar-refractivity contribution in [3.63, 3.8) is 0 Å². The highest BCUT2D eigenvalue weighted by Gasteiger charge is 2.23. The second-order valence-corrected chi connectivity index (χ2v) is 10.1. The van der Waals surface area contributed by atoms with Crippen LogP contribution in [0.5, 0.6) is 5.75 Å². The largest absolute Gasteiger partial charge is 0.482 e. The van der Waals surface area contributed by atoms with E-state index in [0.29, 0.717) is 45.0 Å². The lowest BCUT2D eigenvalue weighted by Gasteiger charge is -2.20. The predicted octanol–water partition coefficient (Wildman–Crippen LogP) is 5.97. The van der Waals surface area contributed by atoms with Crippen LogP contribution in [0, 0.1) is 17.1 Å². The summed E-state index contributed by atoms with van der Waals surface area (Å²) in [5.41, 5.74) is 5.39. The van der Waals surface area contributed by atoms with Gasteiger partial charge in [-0.2, -0.15) is 5.10 Å². The second-order valence-electron chi connectivity index (χ2n) is 8.79. The molecule has 0 radical (unpaired) electrons. The first-order valence-electron chi connectivity index (χ1n) is 11.5. The Kier molecular flexibility index (Phi) is 8.28. The number of hydrogen-bond donors (Lipinski definition) is 4. The fourth-order valence-electron chi connectivity index (χ4n) is 3.90. The minimum atomic E-state index is -0.615. The van der Waals surface area contributed by atoms with Crippen LogP contribution in [0.3, 0.4) is 0 Å². The second kappa shape index (κ2) is 11.4. The van der Waals surface area contributed by atoms with Crippen molar-refractivity contribution < 1.29 is 14.3 Å². The summed E-state index contributed by atoms with van der Waals surface area (Å²) in [6.45, 7) is 2.64. The molecule has 0 saturated heterocycles. The van der Waals surface area contributed by atoms with Crippen LogP contribution in [-0.2, 0) is 13.5 Å². The van der Waals surface area contributed by atoms with Gasteiger partial charge in [-0.3, -0.25) is 15.3 Å². The van der Waals surface area contributed by atoms with Crippen molar-refractivity contribution in [2.45, 2.75) is 32.3 Å². The Morgan fingerprint density at radius 3 is 2.89 bits per heavy atom. The molecule has 1 aliphatic rings. The standard InChI is InChI=1S/C25H27BrClFN6O2/c1-14(36-22-8-18(26)12-31-25(22)33-35)21-9-19(28)5-6-20(21)23-17(13-34(2)32-23)7-16(24(27)29)11-30-10-15-3-4-15/h5-6,8-9,11-15,29-30,35H,3-4,7,10H2,1-2H3,(H,31,33)/b16-11-,29-24?/t14-/m1/s1. The molecule has 3 aromatic rings. The maximum atomic E-state index is 14.4. The minimum absolute atomic E-state index is 0.0460. The number of nitrogens with one attached hydrogen (secondary N) is 3. The number of ether oxygens (including phenoxy) is 1. The molecule has 4 N–H and O–H groups in total. The molecule has 190 valence electrons. The molecule has 2 aromatic heterocycles. The zero-order valence-corrected chi connectivity index (χ0v) is 22.2. The van der Waals surface area contributed by atoms with Gasteiger partial charge in [-0.05, 0) is 65.9 Å². The molecular weight excluding hydrogens is 551 g/mol. The van der Waals surface area contributed by atoms with E-state index >= 15 is 0 Å². The Balaban J connectivity index is 1.67. The minimum Gasteiger partial charge on any atom is -0.482 e. The van der Waals surface area contributed by atoms with Crippen LogP contribution in [-0.4, -0.2) is 31.7 Å². The zero-order chi connectivity index (χ0) is 25.8. The molecule has 0 bridgehead atoms. The number of benzene rings is 1. The zero-order valence-electron chi connectivity index (χ0n) is 19.9. The molecule has 0 amide bonds. The SMILES string of the molecule is C[C@@H](Oc1cc(Br)cnc1NO)c1cc(F)ccc1-c1nn(C)cc1C/C(=C/NCC1CC1)C(=N)Cl. The Morgan fingerprint density at radius 2 is 2.19 bits per heavy atom. The van der Waals surface area contributed by atoms with Crippen LogP contribution in [0.15, 0.2) is 52.9 Å². The highest BCUT2D eigenvalue weighted by atomic mass is 79.9. The number of hydrogen-bond acceptors (Lipinski definition) is 7. The Labute approximate surface area is 222 Å². The van der Waals surface area contributed by atoms with Gasteiger partial charge in [-0.25, -0.2) is 14.9 Å². The van der Waals surface area contributed by atoms with E-state index in [1.165, 1.54) is 31.2 Å². The lowest BCUT2D eigenvalue weighted by Crippen LogP contribution is -2.12. The summed E-state index contributed by atoms with van der Waals surface area (Å²) >= 11 is 9.45. The molecular formula is C25H27BrClFN6O2. The van der Waals surface area contributed by atoms with Gasteiger partial charge in [0.25, 0.3) is 0 Å². The molecule has 0 unspecified atom stereocenters. The van der Waals surface area contributed by atoms with Gasteiger partial charge in [0.05, 0.1) is 5.69 Å². The van der Waals surface area contributed by atoms with Crippen LogP contribution in [0.4, 0.5) is 10.2 Å². The van der Waals surface area contributed by atoms with Crippen LogP contribution in [0.1, 0.15) is 37.0 Å². The number of pyridine rings is 1. The summed E-state index contributed by atoms with van der Waals surface area (Å²) in [6, 6.07) is 6.11. The average Bonchev–Trinajstić information content (AvgIpc) is 3.59. The van der Waals surface area contributed by atoms with Gasteiger partial charge < -0.3 is 10.1 Å². The molecule has 36 heavy (non-hydrogen) atoms. The van der Waals surface area contributed by atoms with E-state index in [1.807, 2.05) is 18.7 Å². The third kappa shape index (κ3) is 6.43. The summed E-state index contributed by atoms with van der Waals surface area (Å²) in [4.78, 5) is 4.08. The number of rotatable bonds is 11. The maximum absolute atomic E-state index is 14.4.